The van der Waals surface area contributed by atoms with E-state index >= 15 is 0 Å². The molecule has 2 nitrogen and oxygen atoms in total. The van der Waals surface area contributed by atoms with Crippen molar-refractivity contribution in [2.75, 3.05) is 19.8 Å². The molecule has 0 aliphatic carbocycles. The molecule has 0 saturated carbocycles. The molecule has 1 unspecified atom stereocenters. The quantitative estimate of drug-likeness (QED) is 0.455. The molecule has 0 fully saturated rings. The summed E-state index contributed by atoms with van der Waals surface area (Å²) >= 11 is 0. The van der Waals surface area contributed by atoms with Crippen molar-refractivity contribution in [3.05, 3.63) is 12.2 Å². The third-order valence-electron chi connectivity index (χ3n) is 2.34. The Kier molecular flexibility index (Phi) is 9.00. The predicted molar refractivity (Wildman–Crippen MR) is 62.6 cm³/mol. The number of hydrogen-bond donors (Lipinski definition) is 1. The Bertz CT molecular complexity index is 145. The van der Waals surface area contributed by atoms with E-state index in [0.717, 1.165) is 39.0 Å². The standard InChI is InChI=1S/C12H25NO/c1-5-11(4)10-12(13-6-2)8-9-14-7-3/h12-13H,4-10H2,1-3H3. The van der Waals surface area contributed by atoms with Gasteiger partial charge in [0.2, 0.25) is 0 Å². The smallest absolute Gasteiger partial charge is 0.0480 e. The third kappa shape index (κ3) is 7.10. The Labute approximate surface area is 88.7 Å². The zero-order valence-corrected chi connectivity index (χ0v) is 9.94. The van der Waals surface area contributed by atoms with Crippen LogP contribution in [-0.2, 0) is 4.74 Å². The summed E-state index contributed by atoms with van der Waals surface area (Å²) < 4.78 is 5.36. The molecule has 0 aromatic rings. The van der Waals surface area contributed by atoms with Gasteiger partial charge in [-0.3, -0.25) is 0 Å². The van der Waals surface area contributed by atoms with Crippen LogP contribution in [0.5, 0.6) is 0 Å². The second-order valence-corrected chi connectivity index (χ2v) is 3.55. The first-order valence-electron chi connectivity index (χ1n) is 5.72. The molecule has 0 aromatic carbocycles. The van der Waals surface area contributed by atoms with Crippen molar-refractivity contribution < 1.29 is 4.74 Å². The molecule has 1 atom stereocenters. The van der Waals surface area contributed by atoms with Crippen molar-refractivity contribution in [3.63, 3.8) is 0 Å². The van der Waals surface area contributed by atoms with Gasteiger partial charge in [-0.05, 0) is 32.7 Å². The highest BCUT2D eigenvalue weighted by atomic mass is 16.5. The van der Waals surface area contributed by atoms with Crippen molar-refractivity contribution >= 4 is 0 Å². The van der Waals surface area contributed by atoms with Crippen molar-refractivity contribution in [3.8, 4) is 0 Å². The normalized spacial score (nSPS) is 12.8. The molecule has 0 heterocycles. The van der Waals surface area contributed by atoms with E-state index in [0.29, 0.717) is 6.04 Å². The van der Waals surface area contributed by atoms with E-state index in [9.17, 15) is 0 Å². The molecule has 0 spiro atoms. The lowest BCUT2D eigenvalue weighted by Gasteiger charge is -2.18. The van der Waals surface area contributed by atoms with Crippen LogP contribution in [0.2, 0.25) is 0 Å². The molecule has 0 radical (unpaired) electrons. The van der Waals surface area contributed by atoms with Crippen molar-refractivity contribution in [2.45, 2.75) is 46.1 Å². The summed E-state index contributed by atoms with van der Waals surface area (Å²) in [5.41, 5.74) is 1.33. The third-order valence-corrected chi connectivity index (χ3v) is 2.34. The van der Waals surface area contributed by atoms with Gasteiger partial charge in [0, 0.05) is 19.3 Å². The Hall–Kier alpha value is -0.340. The van der Waals surface area contributed by atoms with Gasteiger partial charge in [0.05, 0.1) is 0 Å². The fourth-order valence-corrected chi connectivity index (χ4v) is 1.43. The Morgan fingerprint density at radius 1 is 1.36 bits per heavy atom. The summed E-state index contributed by atoms with van der Waals surface area (Å²) in [6.45, 7) is 13.1. The van der Waals surface area contributed by atoms with Crippen LogP contribution in [0.15, 0.2) is 12.2 Å². The second kappa shape index (κ2) is 9.22. The fraction of sp³-hybridized carbons (Fsp3) is 0.833. The molecule has 0 aromatic heterocycles. The zero-order valence-electron chi connectivity index (χ0n) is 9.94. The van der Waals surface area contributed by atoms with Crippen LogP contribution in [0, 0.1) is 0 Å². The summed E-state index contributed by atoms with van der Waals surface area (Å²) in [5, 5.41) is 3.47. The van der Waals surface area contributed by atoms with Crippen LogP contribution in [0.3, 0.4) is 0 Å². The van der Waals surface area contributed by atoms with Gasteiger partial charge in [0.15, 0.2) is 0 Å². The molecule has 0 aliphatic rings. The topological polar surface area (TPSA) is 21.3 Å². The molecule has 0 saturated heterocycles. The van der Waals surface area contributed by atoms with E-state index in [1.165, 1.54) is 5.57 Å². The highest BCUT2D eigenvalue weighted by molar-refractivity contribution is 4.96. The van der Waals surface area contributed by atoms with Crippen LogP contribution in [0.1, 0.15) is 40.0 Å². The highest BCUT2D eigenvalue weighted by Gasteiger charge is 2.07. The van der Waals surface area contributed by atoms with E-state index in [4.69, 9.17) is 4.74 Å². The molecule has 14 heavy (non-hydrogen) atoms. The Morgan fingerprint density at radius 3 is 2.57 bits per heavy atom. The fourth-order valence-electron chi connectivity index (χ4n) is 1.43. The number of ether oxygens (including phenoxy) is 1. The largest absolute Gasteiger partial charge is 0.382 e. The SMILES string of the molecule is C=C(CC)CC(CCOCC)NCC. The van der Waals surface area contributed by atoms with Gasteiger partial charge >= 0.3 is 0 Å². The van der Waals surface area contributed by atoms with E-state index in [2.05, 4.69) is 25.7 Å². The van der Waals surface area contributed by atoms with Gasteiger partial charge in [-0.15, -0.1) is 0 Å². The van der Waals surface area contributed by atoms with Crippen LogP contribution < -0.4 is 5.32 Å². The lowest BCUT2D eigenvalue weighted by Crippen LogP contribution is -2.30. The first kappa shape index (κ1) is 13.7. The first-order chi connectivity index (χ1) is 6.74. The van der Waals surface area contributed by atoms with Crippen LogP contribution in [0.25, 0.3) is 0 Å². The summed E-state index contributed by atoms with van der Waals surface area (Å²) in [6, 6.07) is 0.541. The Morgan fingerprint density at radius 2 is 2.07 bits per heavy atom. The van der Waals surface area contributed by atoms with Gasteiger partial charge in [0.1, 0.15) is 0 Å². The summed E-state index contributed by atoms with van der Waals surface area (Å²) in [7, 11) is 0. The molecule has 0 rings (SSSR count). The second-order valence-electron chi connectivity index (χ2n) is 3.55. The van der Waals surface area contributed by atoms with Gasteiger partial charge in [0.25, 0.3) is 0 Å². The minimum Gasteiger partial charge on any atom is -0.382 e. The van der Waals surface area contributed by atoms with E-state index in [1.807, 2.05) is 6.92 Å². The van der Waals surface area contributed by atoms with E-state index in [1.54, 1.807) is 0 Å². The minimum absolute atomic E-state index is 0.541. The maximum absolute atomic E-state index is 5.36. The first-order valence-corrected chi connectivity index (χ1v) is 5.72. The van der Waals surface area contributed by atoms with Crippen molar-refractivity contribution in [1.29, 1.82) is 0 Å². The summed E-state index contributed by atoms with van der Waals surface area (Å²) in [6.07, 6.45) is 3.24. The number of nitrogens with one attached hydrogen (secondary N) is 1. The maximum Gasteiger partial charge on any atom is 0.0480 e. The molecule has 0 aliphatic heterocycles. The molecule has 84 valence electrons. The van der Waals surface area contributed by atoms with Gasteiger partial charge in [-0.2, -0.15) is 0 Å². The molecular formula is C12H25NO. The lowest BCUT2D eigenvalue weighted by molar-refractivity contribution is 0.136. The molecule has 0 bridgehead atoms. The lowest BCUT2D eigenvalue weighted by atomic mass is 10.0. The van der Waals surface area contributed by atoms with Gasteiger partial charge in [-0.25, -0.2) is 0 Å². The van der Waals surface area contributed by atoms with Gasteiger partial charge in [-0.1, -0.05) is 26.0 Å². The van der Waals surface area contributed by atoms with Crippen LogP contribution in [0.4, 0.5) is 0 Å². The van der Waals surface area contributed by atoms with E-state index in [-0.39, 0.29) is 0 Å². The van der Waals surface area contributed by atoms with Crippen molar-refractivity contribution in [1.82, 2.24) is 5.32 Å². The summed E-state index contributed by atoms with van der Waals surface area (Å²) in [4.78, 5) is 0. The zero-order chi connectivity index (χ0) is 10.8. The molecule has 1 N–H and O–H groups in total. The monoisotopic (exact) mass is 199 g/mol. The van der Waals surface area contributed by atoms with Crippen molar-refractivity contribution in [2.24, 2.45) is 0 Å². The number of hydrogen-bond acceptors (Lipinski definition) is 2. The number of rotatable bonds is 9. The highest BCUT2D eigenvalue weighted by Crippen LogP contribution is 2.09. The predicted octanol–water partition coefficient (Wildman–Crippen LogP) is 2.75. The minimum atomic E-state index is 0.541. The van der Waals surface area contributed by atoms with Crippen LogP contribution in [-0.4, -0.2) is 25.8 Å². The average Bonchev–Trinajstić information content (AvgIpc) is 2.18. The van der Waals surface area contributed by atoms with Crippen LogP contribution >= 0.6 is 0 Å². The summed E-state index contributed by atoms with van der Waals surface area (Å²) in [5.74, 6) is 0. The Balaban J connectivity index is 3.70. The molecule has 2 heteroatoms. The van der Waals surface area contributed by atoms with E-state index < -0.39 is 0 Å². The molecular weight excluding hydrogens is 174 g/mol. The molecule has 0 amide bonds. The van der Waals surface area contributed by atoms with Gasteiger partial charge < -0.3 is 10.1 Å². The average molecular weight is 199 g/mol. The maximum atomic E-state index is 5.36.